The van der Waals surface area contributed by atoms with Crippen molar-refractivity contribution in [3.05, 3.63) is 0 Å². The van der Waals surface area contributed by atoms with E-state index in [0.717, 1.165) is 65.0 Å². The Balaban J connectivity index is 1.46. The highest BCUT2D eigenvalue weighted by atomic mass is 16.5. The number of quaternary nitrogens is 1. The Morgan fingerprint density at radius 2 is 1.65 bits per heavy atom. The maximum atomic E-state index is 12.5. The summed E-state index contributed by atoms with van der Waals surface area (Å²) in [6.45, 7) is 5.38. The van der Waals surface area contributed by atoms with Gasteiger partial charge < -0.3 is 24.9 Å². The zero-order chi connectivity index (χ0) is 16.2. The van der Waals surface area contributed by atoms with Gasteiger partial charge in [-0.25, -0.2) is 0 Å². The monoisotopic (exact) mass is 324 g/mol. The predicted octanol–water partition coefficient (Wildman–Crippen LogP) is -1.79. The summed E-state index contributed by atoms with van der Waals surface area (Å²) < 4.78 is 5.33. The minimum atomic E-state index is -1.03. The molecule has 3 aliphatic carbocycles. The summed E-state index contributed by atoms with van der Waals surface area (Å²) in [5.74, 6) is -1.68. The first-order valence-electron chi connectivity index (χ1n) is 9.06. The largest absolute Gasteiger partial charge is 0.550 e. The van der Waals surface area contributed by atoms with Crippen molar-refractivity contribution in [2.24, 2.45) is 23.7 Å². The molecule has 2 bridgehead atoms. The molecular weight excluding hydrogens is 296 g/mol. The molecule has 1 saturated heterocycles. The van der Waals surface area contributed by atoms with Crippen LogP contribution < -0.4 is 15.3 Å². The molecule has 0 unspecified atom stereocenters. The van der Waals surface area contributed by atoms with Crippen LogP contribution in [0, 0.1) is 23.7 Å². The van der Waals surface area contributed by atoms with Crippen molar-refractivity contribution in [1.82, 2.24) is 5.32 Å². The van der Waals surface area contributed by atoms with E-state index in [1.807, 2.05) is 0 Å². The second kappa shape index (κ2) is 7.62. The highest BCUT2D eigenvalue weighted by molar-refractivity contribution is 5.85. The molecule has 6 nitrogen and oxygen atoms in total. The third-order valence-corrected chi connectivity index (χ3v) is 6.00. The fourth-order valence-corrected chi connectivity index (χ4v) is 4.74. The number of amides is 1. The topological polar surface area (TPSA) is 82.9 Å². The van der Waals surface area contributed by atoms with Crippen molar-refractivity contribution >= 4 is 11.9 Å². The SMILES string of the molecule is O=C([O-])[C@H]1C2CCC(CC2)[C@@H]1C(=O)NCCC[NH+]1CCOCC1. The molecule has 4 fully saturated rings. The number of rotatable bonds is 6. The van der Waals surface area contributed by atoms with Crippen LogP contribution in [0.15, 0.2) is 0 Å². The maximum absolute atomic E-state index is 12.5. The van der Waals surface area contributed by atoms with Gasteiger partial charge in [0.15, 0.2) is 0 Å². The average Bonchev–Trinajstić information content (AvgIpc) is 2.59. The quantitative estimate of drug-likeness (QED) is 0.566. The number of nitrogens with one attached hydrogen (secondary N) is 2. The third kappa shape index (κ3) is 3.86. The van der Waals surface area contributed by atoms with Crippen LogP contribution in [-0.2, 0) is 14.3 Å². The zero-order valence-electron chi connectivity index (χ0n) is 13.7. The van der Waals surface area contributed by atoms with Crippen molar-refractivity contribution in [1.29, 1.82) is 0 Å². The van der Waals surface area contributed by atoms with Crippen LogP contribution >= 0.6 is 0 Å². The standard InChI is InChI=1S/C17H28N2O4/c20-16(18-6-1-7-19-8-10-23-11-9-19)14-12-2-4-13(5-3-12)15(14)17(21)22/h12-15H,1-11H2,(H,18,20)(H,21,22)/t12?,13?,14-,15-/m0/s1. The molecule has 0 spiro atoms. The molecule has 0 radical (unpaired) electrons. The van der Waals surface area contributed by atoms with Crippen LogP contribution in [-0.4, -0.2) is 51.3 Å². The zero-order valence-corrected chi connectivity index (χ0v) is 13.7. The normalized spacial score (nSPS) is 34.3. The Bertz CT molecular complexity index is 428. The summed E-state index contributed by atoms with van der Waals surface area (Å²) in [6, 6.07) is 0. The number of hydrogen-bond donors (Lipinski definition) is 2. The van der Waals surface area contributed by atoms with Crippen LogP contribution in [0.5, 0.6) is 0 Å². The van der Waals surface area contributed by atoms with Gasteiger partial charge in [-0.15, -0.1) is 0 Å². The summed E-state index contributed by atoms with van der Waals surface area (Å²) in [4.78, 5) is 25.5. The minimum Gasteiger partial charge on any atom is -0.550 e. The molecular formula is C17H28N2O4. The maximum Gasteiger partial charge on any atom is 0.224 e. The Labute approximate surface area is 137 Å². The highest BCUT2D eigenvalue weighted by Crippen LogP contribution is 2.48. The summed E-state index contributed by atoms with van der Waals surface area (Å²) in [6.07, 6.45) is 4.79. The number of carboxylic acids is 1. The summed E-state index contributed by atoms with van der Waals surface area (Å²) >= 11 is 0. The van der Waals surface area contributed by atoms with E-state index >= 15 is 0 Å². The Morgan fingerprint density at radius 1 is 1.04 bits per heavy atom. The van der Waals surface area contributed by atoms with E-state index in [4.69, 9.17) is 4.74 Å². The van der Waals surface area contributed by atoms with Crippen molar-refractivity contribution in [3.63, 3.8) is 0 Å². The number of ether oxygens (including phenoxy) is 1. The smallest absolute Gasteiger partial charge is 0.224 e. The lowest BCUT2D eigenvalue weighted by Gasteiger charge is -2.48. The Morgan fingerprint density at radius 3 is 2.26 bits per heavy atom. The Kier molecular flexibility index (Phi) is 5.54. The van der Waals surface area contributed by atoms with Gasteiger partial charge in [0, 0.05) is 30.8 Å². The van der Waals surface area contributed by atoms with Crippen molar-refractivity contribution in [2.75, 3.05) is 39.4 Å². The van der Waals surface area contributed by atoms with Gasteiger partial charge in [0.05, 0.1) is 19.8 Å². The lowest BCUT2D eigenvalue weighted by atomic mass is 9.58. The summed E-state index contributed by atoms with van der Waals surface area (Å²) in [7, 11) is 0. The minimum absolute atomic E-state index is 0.0643. The molecule has 23 heavy (non-hydrogen) atoms. The third-order valence-electron chi connectivity index (χ3n) is 6.00. The van der Waals surface area contributed by atoms with Crippen LogP contribution in [0.25, 0.3) is 0 Å². The molecule has 0 aromatic heterocycles. The van der Waals surface area contributed by atoms with Crippen LogP contribution in [0.1, 0.15) is 32.1 Å². The molecule has 0 aromatic carbocycles. The number of hydrogen-bond acceptors (Lipinski definition) is 4. The number of carbonyl (C=O) groups excluding carboxylic acids is 2. The van der Waals surface area contributed by atoms with Crippen LogP contribution in [0.2, 0.25) is 0 Å². The first kappa shape index (κ1) is 16.7. The van der Waals surface area contributed by atoms with E-state index in [2.05, 4.69) is 5.32 Å². The van der Waals surface area contributed by atoms with E-state index in [-0.39, 0.29) is 23.7 Å². The first-order valence-corrected chi connectivity index (χ1v) is 9.06. The molecule has 2 atom stereocenters. The van der Waals surface area contributed by atoms with E-state index in [1.165, 1.54) is 4.90 Å². The molecule has 6 heteroatoms. The van der Waals surface area contributed by atoms with E-state index in [9.17, 15) is 14.7 Å². The van der Waals surface area contributed by atoms with Gasteiger partial charge in [-0.3, -0.25) is 4.79 Å². The number of fused-ring (bicyclic) bond motifs is 3. The molecule has 1 heterocycles. The van der Waals surface area contributed by atoms with E-state index in [1.54, 1.807) is 0 Å². The second-order valence-corrected chi connectivity index (χ2v) is 7.30. The van der Waals surface area contributed by atoms with Gasteiger partial charge in [0.25, 0.3) is 0 Å². The molecule has 3 saturated carbocycles. The summed E-state index contributed by atoms with van der Waals surface area (Å²) in [5, 5.41) is 14.5. The van der Waals surface area contributed by atoms with E-state index in [0.29, 0.717) is 6.54 Å². The second-order valence-electron chi connectivity index (χ2n) is 7.30. The van der Waals surface area contributed by atoms with Gasteiger partial charge in [-0.1, -0.05) is 0 Å². The molecule has 4 aliphatic rings. The summed E-state index contributed by atoms with van der Waals surface area (Å²) in [5.41, 5.74) is 0. The van der Waals surface area contributed by atoms with Crippen LogP contribution in [0.3, 0.4) is 0 Å². The number of carboxylic acid groups (broad SMARTS) is 1. The molecule has 130 valence electrons. The van der Waals surface area contributed by atoms with Crippen molar-refractivity contribution in [3.8, 4) is 0 Å². The first-order chi connectivity index (χ1) is 11.2. The average molecular weight is 324 g/mol. The number of carbonyl (C=O) groups is 2. The van der Waals surface area contributed by atoms with Gasteiger partial charge >= 0.3 is 0 Å². The van der Waals surface area contributed by atoms with Gasteiger partial charge in [-0.05, 0) is 37.5 Å². The molecule has 2 N–H and O–H groups in total. The molecule has 4 rings (SSSR count). The molecule has 1 aliphatic heterocycles. The number of aliphatic carboxylic acids is 1. The van der Waals surface area contributed by atoms with Crippen LogP contribution in [0.4, 0.5) is 0 Å². The van der Waals surface area contributed by atoms with Gasteiger partial charge in [-0.2, -0.15) is 0 Å². The predicted molar refractivity (Wildman–Crippen MR) is 81.4 cm³/mol. The number of morpholine rings is 1. The van der Waals surface area contributed by atoms with E-state index < -0.39 is 11.9 Å². The van der Waals surface area contributed by atoms with Crippen molar-refractivity contribution in [2.45, 2.75) is 32.1 Å². The fourth-order valence-electron chi connectivity index (χ4n) is 4.74. The van der Waals surface area contributed by atoms with Crippen molar-refractivity contribution < 1.29 is 24.3 Å². The molecule has 0 aromatic rings. The fraction of sp³-hybridized carbons (Fsp3) is 0.882. The Hall–Kier alpha value is -1.14. The van der Waals surface area contributed by atoms with Gasteiger partial charge in [0.1, 0.15) is 13.1 Å². The molecule has 1 amide bonds. The van der Waals surface area contributed by atoms with Gasteiger partial charge in [0.2, 0.25) is 5.91 Å². The lowest BCUT2D eigenvalue weighted by molar-refractivity contribution is -0.908. The lowest BCUT2D eigenvalue weighted by Crippen LogP contribution is -3.14. The highest BCUT2D eigenvalue weighted by Gasteiger charge is 2.47.